The Morgan fingerprint density at radius 1 is 1.00 bits per heavy atom. The first kappa shape index (κ1) is 28.5. The molecule has 0 atom stereocenters. The number of carbonyl (C=O) groups excluding carboxylic acids is 1. The van der Waals surface area contributed by atoms with Crippen molar-refractivity contribution in [2.45, 2.75) is 72.6 Å². The standard InChI is InChI=1S/C22H40N6O.HI/c1-16(2)26-22(29)27-20-11-9-19(10-12-20)15-25-21(23-7)24-13-8-14-28(17(3)4)18(5)6;/h9-12,16-18H,8,13-15H2,1-7H3,(H2,23,24,25)(H2,26,27,29);1H. The topological polar surface area (TPSA) is 80.8 Å². The number of halogens is 1. The Morgan fingerprint density at radius 2 is 1.60 bits per heavy atom. The average Bonchev–Trinajstić information content (AvgIpc) is 2.63. The fourth-order valence-electron chi connectivity index (χ4n) is 3.12. The van der Waals surface area contributed by atoms with Crippen molar-refractivity contribution in [3.05, 3.63) is 29.8 Å². The molecule has 0 heterocycles. The van der Waals surface area contributed by atoms with Crippen molar-refractivity contribution in [1.29, 1.82) is 0 Å². The Bertz CT molecular complexity index is 623. The average molecular weight is 533 g/mol. The van der Waals surface area contributed by atoms with E-state index < -0.39 is 0 Å². The lowest BCUT2D eigenvalue weighted by Gasteiger charge is -2.30. The van der Waals surface area contributed by atoms with Crippen molar-refractivity contribution in [2.75, 3.05) is 25.5 Å². The molecule has 0 saturated heterocycles. The van der Waals surface area contributed by atoms with Gasteiger partial charge in [-0.2, -0.15) is 0 Å². The molecule has 30 heavy (non-hydrogen) atoms. The van der Waals surface area contributed by atoms with Crippen molar-refractivity contribution >= 4 is 41.7 Å². The van der Waals surface area contributed by atoms with Crippen molar-refractivity contribution in [1.82, 2.24) is 20.9 Å². The minimum Gasteiger partial charge on any atom is -0.356 e. The maximum absolute atomic E-state index is 11.7. The number of amides is 2. The second-order valence-electron chi connectivity index (χ2n) is 8.08. The summed E-state index contributed by atoms with van der Waals surface area (Å²) in [6.45, 7) is 15.4. The molecule has 1 aromatic carbocycles. The molecule has 2 amide bonds. The van der Waals surface area contributed by atoms with Crippen LogP contribution in [-0.2, 0) is 6.54 Å². The summed E-state index contributed by atoms with van der Waals surface area (Å²) in [7, 11) is 1.78. The lowest BCUT2D eigenvalue weighted by Crippen LogP contribution is -2.41. The molecule has 172 valence electrons. The van der Waals surface area contributed by atoms with E-state index in [1.54, 1.807) is 7.05 Å². The maximum Gasteiger partial charge on any atom is 0.319 e. The molecule has 1 aromatic rings. The molecule has 0 bridgehead atoms. The Balaban J connectivity index is 0.00000841. The van der Waals surface area contributed by atoms with Crippen LogP contribution in [0.3, 0.4) is 0 Å². The second-order valence-corrected chi connectivity index (χ2v) is 8.08. The predicted octanol–water partition coefficient (Wildman–Crippen LogP) is 4.01. The molecule has 1 rings (SSSR count). The number of rotatable bonds is 10. The molecule has 0 spiro atoms. The van der Waals surface area contributed by atoms with Crippen LogP contribution >= 0.6 is 24.0 Å². The summed E-state index contributed by atoms with van der Waals surface area (Å²) in [5.41, 5.74) is 1.89. The normalized spacial score (nSPS) is 11.6. The number of anilines is 1. The number of aliphatic imine (C=N–C) groups is 1. The van der Waals surface area contributed by atoms with E-state index in [9.17, 15) is 4.79 Å². The van der Waals surface area contributed by atoms with E-state index in [0.29, 0.717) is 18.6 Å². The van der Waals surface area contributed by atoms with Crippen LogP contribution in [0.5, 0.6) is 0 Å². The van der Waals surface area contributed by atoms with Crippen LogP contribution in [0.15, 0.2) is 29.3 Å². The Hall–Kier alpha value is -1.55. The van der Waals surface area contributed by atoms with Crippen LogP contribution in [0.1, 0.15) is 53.5 Å². The Labute approximate surface area is 199 Å². The van der Waals surface area contributed by atoms with Crippen LogP contribution in [0.4, 0.5) is 10.5 Å². The molecule has 0 radical (unpaired) electrons. The van der Waals surface area contributed by atoms with E-state index in [4.69, 9.17) is 0 Å². The first-order chi connectivity index (χ1) is 13.7. The number of urea groups is 1. The molecular formula is C22H41IN6O. The first-order valence-electron chi connectivity index (χ1n) is 10.6. The van der Waals surface area contributed by atoms with Gasteiger partial charge in [0.25, 0.3) is 0 Å². The zero-order chi connectivity index (χ0) is 21.8. The van der Waals surface area contributed by atoms with Crippen LogP contribution < -0.4 is 21.3 Å². The number of nitrogens with zero attached hydrogens (tertiary/aromatic N) is 2. The number of hydrogen-bond acceptors (Lipinski definition) is 3. The molecule has 0 saturated carbocycles. The highest BCUT2D eigenvalue weighted by Gasteiger charge is 2.12. The first-order valence-corrected chi connectivity index (χ1v) is 10.6. The minimum absolute atomic E-state index is 0. The number of nitrogens with one attached hydrogen (secondary N) is 4. The van der Waals surface area contributed by atoms with Crippen molar-refractivity contribution in [2.24, 2.45) is 4.99 Å². The highest BCUT2D eigenvalue weighted by molar-refractivity contribution is 14.0. The van der Waals surface area contributed by atoms with Gasteiger partial charge in [-0.05, 0) is 65.7 Å². The van der Waals surface area contributed by atoms with Crippen LogP contribution in [0.2, 0.25) is 0 Å². The highest BCUT2D eigenvalue weighted by atomic mass is 127. The summed E-state index contributed by atoms with van der Waals surface area (Å²) in [5.74, 6) is 0.796. The summed E-state index contributed by atoms with van der Waals surface area (Å²) in [6, 6.07) is 8.82. The third kappa shape index (κ3) is 11.6. The summed E-state index contributed by atoms with van der Waals surface area (Å²) < 4.78 is 0. The van der Waals surface area contributed by atoms with Crippen LogP contribution in [0.25, 0.3) is 0 Å². The van der Waals surface area contributed by atoms with Gasteiger partial charge < -0.3 is 21.3 Å². The largest absolute Gasteiger partial charge is 0.356 e. The second kappa shape index (κ2) is 15.3. The van der Waals surface area contributed by atoms with Gasteiger partial charge in [-0.25, -0.2) is 4.79 Å². The number of benzene rings is 1. The summed E-state index contributed by atoms with van der Waals surface area (Å²) in [5, 5.41) is 12.3. The molecule has 0 fully saturated rings. The van der Waals surface area contributed by atoms with E-state index in [1.165, 1.54) is 0 Å². The number of carbonyl (C=O) groups is 1. The third-order valence-electron chi connectivity index (χ3n) is 4.53. The van der Waals surface area contributed by atoms with Gasteiger partial charge in [0, 0.05) is 50.5 Å². The molecule has 0 unspecified atom stereocenters. The van der Waals surface area contributed by atoms with Crippen molar-refractivity contribution in [3.63, 3.8) is 0 Å². The Morgan fingerprint density at radius 3 is 2.10 bits per heavy atom. The molecule has 0 aromatic heterocycles. The fraction of sp³-hybridized carbons (Fsp3) is 0.636. The molecule has 4 N–H and O–H groups in total. The zero-order valence-corrected chi connectivity index (χ0v) is 21.9. The van der Waals surface area contributed by atoms with Gasteiger partial charge in [0.2, 0.25) is 0 Å². The monoisotopic (exact) mass is 532 g/mol. The minimum atomic E-state index is -0.191. The molecule has 0 aliphatic heterocycles. The smallest absolute Gasteiger partial charge is 0.319 e. The number of hydrogen-bond donors (Lipinski definition) is 4. The fourth-order valence-corrected chi connectivity index (χ4v) is 3.12. The van der Waals surface area contributed by atoms with E-state index in [2.05, 4.69) is 58.9 Å². The van der Waals surface area contributed by atoms with Gasteiger partial charge in [0.05, 0.1) is 0 Å². The van der Waals surface area contributed by atoms with Gasteiger partial charge in [-0.3, -0.25) is 9.89 Å². The SMILES string of the molecule is CN=C(NCCCN(C(C)C)C(C)C)NCc1ccc(NC(=O)NC(C)C)cc1.I. The molecule has 0 aliphatic rings. The van der Waals surface area contributed by atoms with Crippen molar-refractivity contribution in [3.8, 4) is 0 Å². The summed E-state index contributed by atoms with van der Waals surface area (Å²) in [6.07, 6.45) is 1.07. The lowest BCUT2D eigenvalue weighted by molar-refractivity contribution is 0.173. The molecular weight excluding hydrogens is 491 g/mol. The Kier molecular flexibility index (Phi) is 14.5. The van der Waals surface area contributed by atoms with E-state index in [1.807, 2.05) is 38.1 Å². The van der Waals surface area contributed by atoms with Gasteiger partial charge >= 0.3 is 6.03 Å². The maximum atomic E-state index is 11.7. The number of guanidine groups is 1. The zero-order valence-electron chi connectivity index (χ0n) is 19.6. The molecule has 8 heteroatoms. The van der Waals surface area contributed by atoms with E-state index >= 15 is 0 Å². The lowest BCUT2D eigenvalue weighted by atomic mass is 10.2. The van der Waals surface area contributed by atoms with E-state index in [0.717, 1.165) is 36.7 Å². The molecule has 0 aliphatic carbocycles. The summed E-state index contributed by atoms with van der Waals surface area (Å²) in [4.78, 5) is 18.5. The van der Waals surface area contributed by atoms with Gasteiger partial charge in [-0.1, -0.05) is 12.1 Å². The summed E-state index contributed by atoms with van der Waals surface area (Å²) >= 11 is 0. The quantitative estimate of drug-likeness (QED) is 0.159. The molecule has 7 nitrogen and oxygen atoms in total. The van der Waals surface area contributed by atoms with Gasteiger partial charge in [0.1, 0.15) is 0 Å². The van der Waals surface area contributed by atoms with Crippen LogP contribution in [0, 0.1) is 0 Å². The van der Waals surface area contributed by atoms with Gasteiger partial charge in [0.15, 0.2) is 5.96 Å². The van der Waals surface area contributed by atoms with Crippen LogP contribution in [-0.4, -0.2) is 55.2 Å². The van der Waals surface area contributed by atoms with Gasteiger partial charge in [-0.15, -0.1) is 24.0 Å². The predicted molar refractivity (Wildman–Crippen MR) is 139 cm³/mol. The van der Waals surface area contributed by atoms with Crippen molar-refractivity contribution < 1.29 is 4.79 Å². The highest BCUT2D eigenvalue weighted by Crippen LogP contribution is 2.09. The van der Waals surface area contributed by atoms with E-state index in [-0.39, 0.29) is 36.0 Å². The third-order valence-corrected chi connectivity index (χ3v) is 4.53.